The monoisotopic (exact) mass is 335 g/mol. The molecule has 1 unspecified atom stereocenters. The fourth-order valence-electron chi connectivity index (χ4n) is 1.29. The Labute approximate surface area is 115 Å². The van der Waals surface area contributed by atoms with E-state index in [1.54, 1.807) is 24.3 Å². The van der Waals surface area contributed by atoms with Crippen molar-refractivity contribution in [3.63, 3.8) is 0 Å². The van der Waals surface area contributed by atoms with Gasteiger partial charge in [-0.05, 0) is 24.6 Å². The number of sulfonamides is 1. The molecule has 5 nitrogen and oxygen atoms in total. The van der Waals surface area contributed by atoms with E-state index in [-0.39, 0.29) is 5.75 Å². The van der Waals surface area contributed by atoms with Crippen LogP contribution in [0.1, 0.15) is 12.5 Å². The minimum absolute atomic E-state index is 0.214. The Hall–Kier alpha value is -0.920. The van der Waals surface area contributed by atoms with E-state index in [4.69, 9.17) is 5.11 Å². The van der Waals surface area contributed by atoms with E-state index in [0.717, 1.165) is 8.78 Å². The van der Waals surface area contributed by atoms with Gasteiger partial charge in [-0.2, -0.15) is 4.31 Å². The van der Waals surface area contributed by atoms with Gasteiger partial charge >= 0.3 is 5.97 Å². The standard InChI is InChI=1S/C11H14BrNO4S/c1-8(11(14)15)13(2)18(16,17)7-9-3-5-10(12)6-4-9/h3-6,8H,7H2,1-2H3,(H,14,15). The Morgan fingerprint density at radius 2 is 1.89 bits per heavy atom. The highest BCUT2D eigenvalue weighted by molar-refractivity contribution is 9.10. The molecule has 7 heteroatoms. The zero-order valence-corrected chi connectivity index (χ0v) is 12.4. The minimum atomic E-state index is -3.63. The molecule has 0 aliphatic carbocycles. The predicted octanol–water partition coefficient (Wildman–Crippen LogP) is 1.68. The molecule has 0 amide bonds. The Kier molecular flexibility index (Phi) is 4.89. The lowest BCUT2D eigenvalue weighted by Gasteiger charge is -2.20. The third kappa shape index (κ3) is 3.79. The molecule has 100 valence electrons. The van der Waals surface area contributed by atoms with Crippen LogP contribution < -0.4 is 0 Å². The third-order valence-corrected chi connectivity index (χ3v) is 5.02. The Morgan fingerprint density at radius 1 is 1.39 bits per heavy atom. The number of carboxylic acid groups (broad SMARTS) is 1. The SMILES string of the molecule is CC(C(=O)O)N(C)S(=O)(=O)Cc1ccc(Br)cc1. The van der Waals surface area contributed by atoms with Crippen LogP contribution in [0.25, 0.3) is 0 Å². The van der Waals surface area contributed by atoms with Crippen LogP contribution >= 0.6 is 15.9 Å². The van der Waals surface area contributed by atoms with Crippen molar-refractivity contribution >= 4 is 31.9 Å². The maximum atomic E-state index is 12.0. The molecule has 0 bridgehead atoms. The van der Waals surface area contributed by atoms with E-state index in [1.807, 2.05) is 0 Å². The van der Waals surface area contributed by atoms with E-state index in [0.29, 0.717) is 5.56 Å². The van der Waals surface area contributed by atoms with Gasteiger partial charge in [-0.3, -0.25) is 4.79 Å². The minimum Gasteiger partial charge on any atom is -0.480 e. The molecule has 1 atom stereocenters. The highest BCUT2D eigenvalue weighted by Gasteiger charge is 2.27. The molecule has 0 saturated heterocycles. The van der Waals surface area contributed by atoms with Gasteiger partial charge in [-0.15, -0.1) is 0 Å². The van der Waals surface area contributed by atoms with Crippen molar-refractivity contribution in [2.24, 2.45) is 0 Å². The molecule has 0 aliphatic rings. The molecular weight excluding hydrogens is 322 g/mol. The molecule has 0 radical (unpaired) electrons. The summed E-state index contributed by atoms with van der Waals surface area (Å²) in [6, 6.07) is 5.77. The second-order valence-corrected chi connectivity index (χ2v) is 6.86. The normalized spacial score (nSPS) is 13.6. The van der Waals surface area contributed by atoms with Gasteiger partial charge in [0.1, 0.15) is 6.04 Å². The first kappa shape index (κ1) is 15.1. The van der Waals surface area contributed by atoms with Gasteiger partial charge in [0.2, 0.25) is 10.0 Å². The summed E-state index contributed by atoms with van der Waals surface area (Å²) in [5.41, 5.74) is 0.614. The summed E-state index contributed by atoms with van der Waals surface area (Å²) >= 11 is 3.26. The maximum Gasteiger partial charge on any atom is 0.321 e. The third-order valence-electron chi connectivity index (χ3n) is 2.60. The summed E-state index contributed by atoms with van der Waals surface area (Å²) in [4.78, 5) is 10.8. The molecule has 1 N–H and O–H groups in total. The first-order valence-corrected chi connectivity index (χ1v) is 7.57. The number of hydrogen-bond donors (Lipinski definition) is 1. The van der Waals surface area contributed by atoms with Crippen LogP contribution in [-0.2, 0) is 20.6 Å². The Balaban J connectivity index is 2.88. The van der Waals surface area contributed by atoms with Crippen LogP contribution in [0.5, 0.6) is 0 Å². The number of carboxylic acids is 1. The van der Waals surface area contributed by atoms with Crippen LogP contribution in [-0.4, -0.2) is 36.9 Å². The van der Waals surface area contributed by atoms with E-state index in [9.17, 15) is 13.2 Å². The highest BCUT2D eigenvalue weighted by atomic mass is 79.9. The fraction of sp³-hybridized carbons (Fsp3) is 0.364. The van der Waals surface area contributed by atoms with Gasteiger partial charge in [-0.25, -0.2) is 8.42 Å². The van der Waals surface area contributed by atoms with Crippen molar-refractivity contribution in [1.82, 2.24) is 4.31 Å². The Morgan fingerprint density at radius 3 is 2.33 bits per heavy atom. The summed E-state index contributed by atoms with van der Waals surface area (Å²) in [7, 11) is -2.36. The molecule has 0 aromatic heterocycles. The predicted molar refractivity (Wildman–Crippen MR) is 71.6 cm³/mol. The van der Waals surface area contributed by atoms with Crippen molar-refractivity contribution < 1.29 is 18.3 Å². The largest absolute Gasteiger partial charge is 0.480 e. The summed E-state index contributed by atoms with van der Waals surface area (Å²) < 4.78 is 25.7. The van der Waals surface area contributed by atoms with Gasteiger partial charge in [-0.1, -0.05) is 28.1 Å². The van der Waals surface area contributed by atoms with Gasteiger partial charge < -0.3 is 5.11 Å². The number of aliphatic carboxylic acids is 1. The fourth-order valence-corrected chi connectivity index (χ4v) is 2.94. The van der Waals surface area contributed by atoms with Crippen molar-refractivity contribution in [3.05, 3.63) is 34.3 Å². The number of nitrogens with zero attached hydrogens (tertiary/aromatic N) is 1. The topological polar surface area (TPSA) is 74.7 Å². The number of hydrogen-bond acceptors (Lipinski definition) is 3. The molecule has 18 heavy (non-hydrogen) atoms. The Bertz CT molecular complexity index is 526. The van der Waals surface area contributed by atoms with Crippen molar-refractivity contribution in [2.75, 3.05) is 7.05 Å². The zero-order valence-electron chi connectivity index (χ0n) is 10.00. The quantitative estimate of drug-likeness (QED) is 0.888. The number of likely N-dealkylation sites (N-methyl/N-ethyl adjacent to an activating group) is 1. The molecule has 0 saturated carbocycles. The van der Waals surface area contributed by atoms with E-state index >= 15 is 0 Å². The summed E-state index contributed by atoms with van der Waals surface area (Å²) in [6.45, 7) is 1.33. The molecule has 1 aromatic rings. The lowest BCUT2D eigenvalue weighted by Crippen LogP contribution is -2.40. The number of rotatable bonds is 5. The van der Waals surface area contributed by atoms with Gasteiger partial charge in [0.25, 0.3) is 0 Å². The molecule has 0 spiro atoms. The summed E-state index contributed by atoms with van der Waals surface area (Å²) in [6.07, 6.45) is 0. The van der Waals surface area contributed by atoms with Crippen LogP contribution in [0.2, 0.25) is 0 Å². The lowest BCUT2D eigenvalue weighted by atomic mass is 10.2. The molecule has 1 aromatic carbocycles. The van der Waals surface area contributed by atoms with Crippen molar-refractivity contribution in [3.8, 4) is 0 Å². The highest BCUT2D eigenvalue weighted by Crippen LogP contribution is 2.15. The first-order chi connectivity index (χ1) is 8.24. The van der Waals surface area contributed by atoms with Gasteiger partial charge in [0, 0.05) is 11.5 Å². The number of carbonyl (C=O) groups is 1. The molecular formula is C11H14BrNO4S. The lowest BCUT2D eigenvalue weighted by molar-refractivity contribution is -0.140. The van der Waals surface area contributed by atoms with Crippen molar-refractivity contribution in [2.45, 2.75) is 18.7 Å². The van der Waals surface area contributed by atoms with Crippen molar-refractivity contribution in [1.29, 1.82) is 0 Å². The van der Waals surface area contributed by atoms with E-state index < -0.39 is 22.0 Å². The van der Waals surface area contributed by atoms with Gasteiger partial charge in [0.15, 0.2) is 0 Å². The summed E-state index contributed by atoms with van der Waals surface area (Å²) in [5.74, 6) is -1.38. The van der Waals surface area contributed by atoms with Gasteiger partial charge in [0.05, 0.1) is 5.75 Å². The van der Waals surface area contributed by atoms with E-state index in [1.165, 1.54) is 14.0 Å². The average molecular weight is 336 g/mol. The second-order valence-electron chi connectivity index (χ2n) is 3.91. The molecule has 1 rings (SSSR count). The maximum absolute atomic E-state index is 12.0. The first-order valence-electron chi connectivity index (χ1n) is 5.17. The van der Waals surface area contributed by atoms with E-state index in [2.05, 4.69) is 15.9 Å². The summed E-state index contributed by atoms with van der Waals surface area (Å²) in [5, 5.41) is 8.81. The second kappa shape index (κ2) is 5.81. The van der Waals surface area contributed by atoms with Crippen LogP contribution in [0.4, 0.5) is 0 Å². The smallest absolute Gasteiger partial charge is 0.321 e. The average Bonchev–Trinajstić information content (AvgIpc) is 2.29. The number of halogens is 1. The molecule has 0 fully saturated rings. The van der Waals surface area contributed by atoms with Crippen LogP contribution in [0.3, 0.4) is 0 Å². The molecule has 0 aliphatic heterocycles. The van der Waals surface area contributed by atoms with Crippen LogP contribution in [0, 0.1) is 0 Å². The zero-order chi connectivity index (χ0) is 13.9. The number of benzene rings is 1. The van der Waals surface area contributed by atoms with Crippen LogP contribution in [0.15, 0.2) is 28.7 Å². The molecule has 0 heterocycles.